The number of hydrogen-bond donors (Lipinski definition) is 0. The lowest BCUT2D eigenvalue weighted by molar-refractivity contribution is -0.266. The fraction of sp³-hybridized carbons (Fsp3) is 0.375. The molecule has 1 fully saturated rings. The second-order valence-electron chi connectivity index (χ2n) is 5.00. The molecule has 100 valence electrons. The molecular weight excluding hydrogens is 252 g/mol. The Hall–Kier alpha value is -2.14. The first kappa shape index (κ1) is 12.9. The number of benzene rings is 1. The molecule has 0 amide bonds. The lowest BCUT2D eigenvalue weighted by Crippen LogP contribution is -2.51. The predicted octanol–water partition coefficient (Wildman–Crippen LogP) is 2.51. The Labute approximate surface area is 117 Å². The van der Waals surface area contributed by atoms with Crippen molar-refractivity contribution >= 4 is 0 Å². The van der Waals surface area contributed by atoms with Crippen LogP contribution in [0, 0.1) is 28.1 Å². The molecule has 4 nitrogen and oxygen atoms in total. The van der Waals surface area contributed by atoms with E-state index < -0.39 is 11.2 Å². The van der Waals surface area contributed by atoms with Gasteiger partial charge in [-0.2, -0.15) is 10.5 Å². The van der Waals surface area contributed by atoms with Gasteiger partial charge in [0.05, 0.1) is 25.4 Å². The van der Waals surface area contributed by atoms with Gasteiger partial charge in [-0.3, -0.25) is 0 Å². The van der Waals surface area contributed by atoms with Crippen molar-refractivity contribution in [3.05, 3.63) is 48.0 Å². The standard InChI is InChI=1S/C16H14N2O2/c17-11-15(12-18)14(13-5-2-1-3-6-13)7-8-16(15)19-9-4-10-20-16/h1-3,5-8,14H,4,9-10H2/t14-/m1/s1. The van der Waals surface area contributed by atoms with Crippen LogP contribution in [0.4, 0.5) is 0 Å². The highest BCUT2D eigenvalue weighted by Gasteiger charge is 2.62. The Balaban J connectivity index is 2.09. The van der Waals surface area contributed by atoms with Crippen molar-refractivity contribution in [2.75, 3.05) is 13.2 Å². The van der Waals surface area contributed by atoms with Gasteiger partial charge in [0.15, 0.2) is 0 Å². The fourth-order valence-corrected chi connectivity index (χ4v) is 2.93. The van der Waals surface area contributed by atoms with Crippen molar-refractivity contribution in [1.82, 2.24) is 0 Å². The summed E-state index contributed by atoms with van der Waals surface area (Å²) in [6.07, 6.45) is 4.36. The van der Waals surface area contributed by atoms with Crippen molar-refractivity contribution < 1.29 is 9.47 Å². The van der Waals surface area contributed by atoms with Gasteiger partial charge in [0.25, 0.3) is 0 Å². The van der Waals surface area contributed by atoms with Gasteiger partial charge in [-0.25, -0.2) is 0 Å². The van der Waals surface area contributed by atoms with Gasteiger partial charge in [0.1, 0.15) is 0 Å². The van der Waals surface area contributed by atoms with E-state index in [-0.39, 0.29) is 5.92 Å². The van der Waals surface area contributed by atoms with Crippen molar-refractivity contribution in [2.45, 2.75) is 18.1 Å². The molecule has 4 heteroatoms. The van der Waals surface area contributed by atoms with E-state index in [1.165, 1.54) is 0 Å². The van der Waals surface area contributed by atoms with Crippen LogP contribution < -0.4 is 0 Å². The van der Waals surface area contributed by atoms with Crippen molar-refractivity contribution in [3.63, 3.8) is 0 Å². The quantitative estimate of drug-likeness (QED) is 0.732. The molecule has 1 saturated heterocycles. The van der Waals surface area contributed by atoms with Gasteiger partial charge in [0.2, 0.25) is 11.2 Å². The Morgan fingerprint density at radius 3 is 2.30 bits per heavy atom. The molecule has 0 bridgehead atoms. The number of hydrogen-bond acceptors (Lipinski definition) is 4. The maximum atomic E-state index is 9.69. The molecule has 0 radical (unpaired) electrons. The Morgan fingerprint density at radius 1 is 1.05 bits per heavy atom. The molecule has 1 aliphatic heterocycles. The number of allylic oxidation sites excluding steroid dienone is 1. The van der Waals surface area contributed by atoms with E-state index in [0.717, 1.165) is 12.0 Å². The van der Waals surface area contributed by atoms with Crippen molar-refractivity contribution in [3.8, 4) is 12.1 Å². The Bertz CT molecular complexity index is 590. The summed E-state index contributed by atoms with van der Waals surface area (Å²) in [4.78, 5) is 0. The fourth-order valence-electron chi connectivity index (χ4n) is 2.93. The van der Waals surface area contributed by atoms with E-state index >= 15 is 0 Å². The molecule has 0 N–H and O–H groups in total. The number of rotatable bonds is 1. The van der Waals surface area contributed by atoms with Crippen LogP contribution in [-0.4, -0.2) is 19.0 Å². The average Bonchev–Trinajstić information content (AvgIpc) is 2.83. The number of nitriles is 2. The molecule has 1 atom stereocenters. The summed E-state index contributed by atoms with van der Waals surface area (Å²) >= 11 is 0. The lowest BCUT2D eigenvalue weighted by Gasteiger charge is -2.41. The molecular formula is C16H14N2O2. The SMILES string of the molecule is N#CC1(C#N)[C@@H](c2ccccc2)C=CC12OCCCO2. The van der Waals surface area contributed by atoms with E-state index in [4.69, 9.17) is 9.47 Å². The van der Waals surface area contributed by atoms with Crippen LogP contribution in [0.2, 0.25) is 0 Å². The molecule has 0 unspecified atom stereocenters. The highest BCUT2D eigenvalue weighted by atomic mass is 16.7. The first-order valence-electron chi connectivity index (χ1n) is 6.63. The first-order valence-corrected chi connectivity index (χ1v) is 6.63. The van der Waals surface area contributed by atoms with Crippen LogP contribution in [0.25, 0.3) is 0 Å². The van der Waals surface area contributed by atoms with Crippen LogP contribution in [0.5, 0.6) is 0 Å². The van der Waals surface area contributed by atoms with Gasteiger partial charge in [-0.05, 0) is 18.1 Å². The van der Waals surface area contributed by atoms with Crippen LogP contribution >= 0.6 is 0 Å². The summed E-state index contributed by atoms with van der Waals surface area (Å²) < 4.78 is 11.4. The van der Waals surface area contributed by atoms with E-state index in [1.807, 2.05) is 36.4 Å². The third kappa shape index (κ3) is 1.59. The van der Waals surface area contributed by atoms with Crippen LogP contribution in [0.15, 0.2) is 42.5 Å². The van der Waals surface area contributed by atoms with E-state index in [2.05, 4.69) is 12.1 Å². The minimum absolute atomic E-state index is 0.350. The minimum atomic E-state index is -1.38. The smallest absolute Gasteiger partial charge is 0.221 e. The molecule has 2 aliphatic rings. The Morgan fingerprint density at radius 2 is 1.70 bits per heavy atom. The van der Waals surface area contributed by atoms with Gasteiger partial charge < -0.3 is 9.47 Å². The van der Waals surface area contributed by atoms with Crippen LogP contribution in [0.1, 0.15) is 17.9 Å². The normalized spacial score (nSPS) is 26.0. The first-order chi connectivity index (χ1) is 9.78. The average molecular weight is 266 g/mol. The maximum Gasteiger partial charge on any atom is 0.221 e. The van der Waals surface area contributed by atoms with E-state index in [0.29, 0.717) is 13.2 Å². The minimum Gasteiger partial charge on any atom is -0.344 e. The maximum absolute atomic E-state index is 9.69. The highest BCUT2D eigenvalue weighted by Crippen LogP contribution is 2.53. The summed E-state index contributed by atoms with van der Waals surface area (Å²) in [5.74, 6) is -1.59. The zero-order chi connectivity index (χ0) is 14.1. The molecule has 1 spiro atoms. The third-order valence-electron chi connectivity index (χ3n) is 3.96. The van der Waals surface area contributed by atoms with Crippen molar-refractivity contribution in [2.24, 2.45) is 5.41 Å². The summed E-state index contributed by atoms with van der Waals surface area (Å²) in [5.41, 5.74) is -0.462. The largest absolute Gasteiger partial charge is 0.344 e. The Kier molecular flexibility index (Phi) is 3.06. The second-order valence-corrected chi connectivity index (χ2v) is 5.00. The predicted molar refractivity (Wildman–Crippen MR) is 71.2 cm³/mol. The van der Waals surface area contributed by atoms with Crippen molar-refractivity contribution in [1.29, 1.82) is 10.5 Å². The summed E-state index contributed by atoms with van der Waals surface area (Å²) in [5, 5.41) is 19.4. The van der Waals surface area contributed by atoms with Crippen LogP contribution in [0.3, 0.4) is 0 Å². The zero-order valence-electron chi connectivity index (χ0n) is 11.0. The van der Waals surface area contributed by atoms with Gasteiger partial charge in [-0.1, -0.05) is 36.4 Å². The summed E-state index contributed by atoms with van der Waals surface area (Å²) in [6, 6.07) is 13.9. The van der Waals surface area contributed by atoms with Crippen LogP contribution in [-0.2, 0) is 9.47 Å². The molecule has 1 aromatic carbocycles. The number of nitrogens with zero attached hydrogens (tertiary/aromatic N) is 2. The zero-order valence-corrected chi connectivity index (χ0v) is 11.0. The highest BCUT2D eigenvalue weighted by molar-refractivity contribution is 5.44. The van der Waals surface area contributed by atoms with Gasteiger partial charge in [-0.15, -0.1) is 0 Å². The summed E-state index contributed by atoms with van der Waals surface area (Å²) in [7, 11) is 0. The number of ether oxygens (including phenoxy) is 2. The third-order valence-corrected chi connectivity index (χ3v) is 3.96. The summed E-state index contributed by atoms with van der Waals surface area (Å²) in [6.45, 7) is 0.994. The van der Waals surface area contributed by atoms with E-state index in [9.17, 15) is 10.5 Å². The lowest BCUT2D eigenvalue weighted by atomic mass is 9.72. The van der Waals surface area contributed by atoms with Gasteiger partial charge >= 0.3 is 0 Å². The molecule has 0 aromatic heterocycles. The second kappa shape index (κ2) is 4.76. The molecule has 20 heavy (non-hydrogen) atoms. The molecule has 3 rings (SSSR count). The monoisotopic (exact) mass is 266 g/mol. The molecule has 1 heterocycles. The topological polar surface area (TPSA) is 66.0 Å². The van der Waals surface area contributed by atoms with Gasteiger partial charge in [0, 0.05) is 5.92 Å². The molecule has 0 saturated carbocycles. The molecule has 1 aromatic rings. The van der Waals surface area contributed by atoms with E-state index in [1.54, 1.807) is 6.08 Å². The molecule has 1 aliphatic carbocycles.